The van der Waals surface area contributed by atoms with Gasteiger partial charge in [-0.1, -0.05) is 44.2 Å². The van der Waals surface area contributed by atoms with E-state index in [4.69, 9.17) is 9.47 Å². The van der Waals surface area contributed by atoms with Crippen molar-refractivity contribution in [2.75, 3.05) is 37.7 Å². The molecule has 0 spiro atoms. The third-order valence-electron chi connectivity index (χ3n) is 6.83. The first kappa shape index (κ1) is 24.8. The summed E-state index contributed by atoms with van der Waals surface area (Å²) in [7, 11) is 0. The molecule has 5 heteroatoms. The van der Waals surface area contributed by atoms with Crippen molar-refractivity contribution >= 4 is 17.2 Å². The molecule has 1 aliphatic heterocycles. The minimum absolute atomic E-state index is 0.165. The number of carbonyl (C=O) groups is 1. The highest BCUT2D eigenvalue weighted by molar-refractivity contribution is 6.01. The monoisotopic (exact) mass is 472 g/mol. The van der Waals surface area contributed by atoms with Gasteiger partial charge in [0, 0.05) is 41.6 Å². The second kappa shape index (κ2) is 11.0. The lowest BCUT2D eigenvalue weighted by Gasteiger charge is -2.33. The smallest absolute Gasteiger partial charge is 0.338 e. The Labute approximate surface area is 209 Å². The number of ether oxygens (including phenoxy) is 2. The van der Waals surface area contributed by atoms with E-state index in [9.17, 15) is 4.79 Å². The molecular weight excluding hydrogens is 436 g/mol. The molecule has 0 radical (unpaired) electrons. The fraction of sp³-hybridized carbons (Fsp3) is 0.367. The molecule has 0 N–H and O–H groups in total. The Kier molecular flexibility index (Phi) is 7.76. The van der Waals surface area contributed by atoms with Gasteiger partial charge in [-0.2, -0.15) is 0 Å². The van der Waals surface area contributed by atoms with Crippen LogP contribution in [-0.2, 0) is 4.74 Å². The van der Waals surface area contributed by atoms with E-state index in [1.807, 2.05) is 31.2 Å². The van der Waals surface area contributed by atoms with Crippen molar-refractivity contribution in [3.05, 3.63) is 88.7 Å². The third-order valence-corrected chi connectivity index (χ3v) is 6.83. The number of carbonyl (C=O) groups excluding carboxylic acids is 1. The van der Waals surface area contributed by atoms with Gasteiger partial charge in [-0.15, -0.1) is 0 Å². The summed E-state index contributed by atoms with van der Waals surface area (Å²) >= 11 is 0. The van der Waals surface area contributed by atoms with Gasteiger partial charge in [0.1, 0.15) is 11.5 Å². The lowest BCUT2D eigenvalue weighted by molar-refractivity contribution is 0.0526. The number of hydrogen-bond donors (Lipinski definition) is 0. The molecule has 5 nitrogen and oxygen atoms in total. The van der Waals surface area contributed by atoms with Crippen LogP contribution in [0.15, 0.2) is 72.0 Å². The zero-order valence-electron chi connectivity index (χ0n) is 21.5. The van der Waals surface area contributed by atoms with E-state index in [1.165, 1.54) is 0 Å². The van der Waals surface area contributed by atoms with Crippen molar-refractivity contribution in [1.29, 1.82) is 0 Å². The fourth-order valence-electron chi connectivity index (χ4n) is 4.97. The summed E-state index contributed by atoms with van der Waals surface area (Å²) in [6.45, 7) is 14.6. The van der Waals surface area contributed by atoms with Gasteiger partial charge >= 0.3 is 5.97 Å². The Morgan fingerprint density at radius 3 is 2.37 bits per heavy atom. The van der Waals surface area contributed by atoms with Crippen molar-refractivity contribution in [2.45, 2.75) is 40.7 Å². The molecule has 1 aliphatic carbocycles. The van der Waals surface area contributed by atoms with Crippen molar-refractivity contribution in [3.8, 4) is 5.75 Å². The van der Waals surface area contributed by atoms with Gasteiger partial charge in [-0.05, 0) is 63.7 Å². The number of rotatable bonds is 9. The van der Waals surface area contributed by atoms with Crippen LogP contribution in [0.3, 0.4) is 0 Å². The summed E-state index contributed by atoms with van der Waals surface area (Å²) in [6, 6.07) is 14.2. The van der Waals surface area contributed by atoms with Gasteiger partial charge in [0.2, 0.25) is 0 Å². The highest BCUT2D eigenvalue weighted by Gasteiger charge is 2.30. The molecule has 2 aromatic rings. The Morgan fingerprint density at radius 1 is 0.943 bits per heavy atom. The van der Waals surface area contributed by atoms with Gasteiger partial charge in [0.05, 0.1) is 18.2 Å². The van der Waals surface area contributed by atoms with E-state index in [-0.39, 0.29) is 12.0 Å². The Morgan fingerprint density at radius 2 is 1.69 bits per heavy atom. The molecule has 1 atom stereocenters. The first-order valence-electron chi connectivity index (χ1n) is 12.8. The molecule has 4 rings (SSSR count). The number of esters is 1. The topological polar surface area (TPSA) is 42.0 Å². The van der Waals surface area contributed by atoms with E-state index in [2.05, 4.69) is 73.9 Å². The first-order chi connectivity index (χ1) is 17.1. The lowest BCUT2D eigenvalue weighted by atomic mass is 9.85. The third kappa shape index (κ3) is 4.78. The van der Waals surface area contributed by atoms with Crippen LogP contribution in [0.25, 0.3) is 5.57 Å². The Bertz CT molecular complexity index is 1170. The normalized spacial score (nSPS) is 16.4. The van der Waals surface area contributed by atoms with Crippen LogP contribution >= 0.6 is 0 Å². The molecular formula is C30H36N2O3. The molecule has 2 aliphatic rings. The molecule has 1 heterocycles. The summed E-state index contributed by atoms with van der Waals surface area (Å²) in [5.41, 5.74) is 5.53. The highest BCUT2D eigenvalue weighted by Crippen LogP contribution is 2.45. The average Bonchev–Trinajstić information content (AvgIpc) is 2.88. The molecule has 35 heavy (non-hydrogen) atoms. The average molecular weight is 473 g/mol. The van der Waals surface area contributed by atoms with Crippen LogP contribution < -0.4 is 9.64 Å². The quantitative estimate of drug-likeness (QED) is 0.415. The second-order valence-electron chi connectivity index (χ2n) is 8.61. The molecule has 0 saturated carbocycles. The Balaban J connectivity index is 1.93. The van der Waals surface area contributed by atoms with Crippen LogP contribution in [-0.4, -0.2) is 49.7 Å². The summed E-state index contributed by atoms with van der Waals surface area (Å²) in [4.78, 5) is 17.6. The van der Waals surface area contributed by atoms with E-state index in [1.54, 1.807) is 0 Å². The van der Waals surface area contributed by atoms with Crippen molar-refractivity contribution in [1.82, 2.24) is 4.90 Å². The van der Waals surface area contributed by atoms with Gasteiger partial charge < -0.3 is 14.4 Å². The predicted octanol–water partition coefficient (Wildman–Crippen LogP) is 6.07. The number of fused-ring (bicyclic) bond motifs is 2. The molecule has 0 bridgehead atoms. The molecule has 184 valence electrons. The Hall–Kier alpha value is -3.31. The van der Waals surface area contributed by atoms with Crippen LogP contribution in [0.4, 0.5) is 5.69 Å². The van der Waals surface area contributed by atoms with Crippen LogP contribution in [0.1, 0.15) is 56.1 Å². The van der Waals surface area contributed by atoms with Crippen molar-refractivity contribution in [3.63, 3.8) is 0 Å². The zero-order valence-corrected chi connectivity index (χ0v) is 21.5. The number of likely N-dealkylation sites (N-methyl/N-ethyl adjacent to an activating group) is 1. The van der Waals surface area contributed by atoms with Crippen LogP contribution in [0.2, 0.25) is 0 Å². The molecule has 0 fully saturated rings. The summed E-state index contributed by atoms with van der Waals surface area (Å²) in [6.07, 6.45) is 6.57. The SMILES string of the molecule is CCOC(=O)c1ccccc1C1=C2C=CC(N(CC)CC)C=C2Oc2cc(N(CC)CC)ccc21. The minimum Gasteiger partial charge on any atom is -0.462 e. The first-order valence-corrected chi connectivity index (χ1v) is 12.8. The molecule has 0 saturated heterocycles. The number of allylic oxidation sites excluding steroid dienone is 1. The zero-order chi connectivity index (χ0) is 24.9. The largest absolute Gasteiger partial charge is 0.462 e. The molecule has 0 aromatic heterocycles. The van der Waals surface area contributed by atoms with Crippen LogP contribution in [0, 0.1) is 0 Å². The van der Waals surface area contributed by atoms with E-state index in [0.717, 1.165) is 65.6 Å². The minimum atomic E-state index is -0.310. The predicted molar refractivity (Wildman–Crippen MR) is 143 cm³/mol. The van der Waals surface area contributed by atoms with Crippen LogP contribution in [0.5, 0.6) is 5.75 Å². The standard InChI is InChI=1S/C30H36N2O3/c1-6-31(7-2)21-15-17-25-27(19-21)35-28-20-22(32(8-3)9-4)16-18-26(28)29(25)23-13-11-12-14-24(23)30(33)34-10-5/h11-21H,6-10H2,1-5H3. The highest BCUT2D eigenvalue weighted by atomic mass is 16.5. The lowest BCUT2D eigenvalue weighted by Crippen LogP contribution is -2.34. The fourth-order valence-corrected chi connectivity index (χ4v) is 4.97. The maximum absolute atomic E-state index is 12.9. The number of nitrogens with zero attached hydrogens (tertiary/aromatic N) is 2. The second-order valence-corrected chi connectivity index (χ2v) is 8.61. The summed E-state index contributed by atoms with van der Waals surface area (Å²) in [5.74, 6) is 1.34. The van der Waals surface area contributed by atoms with Gasteiger partial charge in [0.25, 0.3) is 0 Å². The van der Waals surface area contributed by atoms with Gasteiger partial charge in [0.15, 0.2) is 0 Å². The summed E-state index contributed by atoms with van der Waals surface area (Å²) < 4.78 is 12.0. The molecule has 0 amide bonds. The number of hydrogen-bond acceptors (Lipinski definition) is 5. The van der Waals surface area contributed by atoms with Crippen molar-refractivity contribution in [2.24, 2.45) is 0 Å². The molecule has 1 unspecified atom stereocenters. The number of benzene rings is 2. The van der Waals surface area contributed by atoms with E-state index < -0.39 is 0 Å². The maximum atomic E-state index is 12.9. The van der Waals surface area contributed by atoms with Gasteiger partial charge in [-0.3, -0.25) is 4.90 Å². The van der Waals surface area contributed by atoms with E-state index in [0.29, 0.717) is 12.2 Å². The van der Waals surface area contributed by atoms with Gasteiger partial charge in [-0.25, -0.2) is 4.79 Å². The van der Waals surface area contributed by atoms with E-state index >= 15 is 0 Å². The summed E-state index contributed by atoms with van der Waals surface area (Å²) in [5, 5.41) is 0. The van der Waals surface area contributed by atoms with Crippen molar-refractivity contribution < 1.29 is 14.3 Å². The molecule has 2 aromatic carbocycles. The number of anilines is 1. The maximum Gasteiger partial charge on any atom is 0.338 e.